The summed E-state index contributed by atoms with van der Waals surface area (Å²) in [5.41, 5.74) is 1.53. The lowest BCUT2D eigenvalue weighted by Crippen LogP contribution is -2.62. The Hall–Kier alpha value is -1.62. The van der Waals surface area contributed by atoms with Gasteiger partial charge in [0.2, 0.25) is 0 Å². The van der Waals surface area contributed by atoms with E-state index in [1.54, 1.807) is 6.20 Å². The van der Waals surface area contributed by atoms with Crippen LogP contribution in [0.4, 0.5) is 5.82 Å². The van der Waals surface area contributed by atoms with E-state index in [1.807, 2.05) is 17.6 Å². The van der Waals surface area contributed by atoms with Gasteiger partial charge in [0.25, 0.3) is 0 Å². The fourth-order valence-corrected chi connectivity index (χ4v) is 2.56. The van der Waals surface area contributed by atoms with Crippen LogP contribution in [0.5, 0.6) is 0 Å². The molecule has 108 valence electrons. The van der Waals surface area contributed by atoms with Crippen LogP contribution in [0, 0.1) is 0 Å². The van der Waals surface area contributed by atoms with Gasteiger partial charge in [0, 0.05) is 17.8 Å². The fourth-order valence-electron chi connectivity index (χ4n) is 2.56. The molecule has 0 saturated carbocycles. The minimum Gasteiger partial charge on any atom is -0.386 e. The molecule has 0 aromatic carbocycles. The van der Waals surface area contributed by atoms with Gasteiger partial charge in [-0.25, -0.2) is 9.50 Å². The van der Waals surface area contributed by atoms with Crippen LogP contribution in [0.25, 0.3) is 5.52 Å². The number of hydrogen-bond acceptors (Lipinski definition) is 4. The van der Waals surface area contributed by atoms with Crippen molar-refractivity contribution < 1.29 is 5.11 Å². The van der Waals surface area contributed by atoms with E-state index in [0.717, 1.165) is 23.4 Å². The molecule has 5 heteroatoms. The van der Waals surface area contributed by atoms with E-state index in [9.17, 15) is 5.11 Å². The molecule has 1 N–H and O–H groups in total. The van der Waals surface area contributed by atoms with Crippen molar-refractivity contribution in [1.82, 2.24) is 14.6 Å². The highest BCUT2D eigenvalue weighted by Gasteiger charge is 2.41. The molecule has 1 aliphatic heterocycles. The molecular formula is C15H22N4O. The van der Waals surface area contributed by atoms with Crippen molar-refractivity contribution >= 4 is 11.3 Å². The van der Waals surface area contributed by atoms with Crippen LogP contribution in [0.1, 0.15) is 39.8 Å². The van der Waals surface area contributed by atoms with Crippen LogP contribution in [-0.2, 0) is 5.41 Å². The topological polar surface area (TPSA) is 53.7 Å². The molecule has 3 rings (SSSR count). The average molecular weight is 274 g/mol. The lowest BCUT2D eigenvalue weighted by molar-refractivity contribution is 0.00820. The summed E-state index contributed by atoms with van der Waals surface area (Å²) in [6.07, 6.45) is 4.42. The smallest absolute Gasteiger partial charge is 0.154 e. The molecular weight excluding hydrogens is 252 g/mol. The van der Waals surface area contributed by atoms with Crippen molar-refractivity contribution in [3.05, 3.63) is 24.2 Å². The van der Waals surface area contributed by atoms with Gasteiger partial charge in [-0.2, -0.15) is 5.10 Å². The molecule has 0 amide bonds. The Morgan fingerprint density at radius 2 is 2.05 bits per heavy atom. The average Bonchev–Trinajstić information content (AvgIpc) is 2.78. The Balaban J connectivity index is 1.99. The van der Waals surface area contributed by atoms with Gasteiger partial charge >= 0.3 is 0 Å². The Morgan fingerprint density at radius 1 is 1.35 bits per heavy atom. The van der Waals surface area contributed by atoms with Crippen molar-refractivity contribution in [2.24, 2.45) is 0 Å². The molecule has 2 aromatic rings. The Morgan fingerprint density at radius 3 is 2.65 bits per heavy atom. The maximum atomic E-state index is 10.2. The molecule has 0 bridgehead atoms. The molecule has 0 aliphatic carbocycles. The summed E-state index contributed by atoms with van der Waals surface area (Å²) in [6.45, 7) is 9.77. The lowest BCUT2D eigenvalue weighted by atomic mass is 9.91. The number of fused-ring (bicyclic) bond motifs is 1. The summed E-state index contributed by atoms with van der Waals surface area (Å²) in [7, 11) is 0. The van der Waals surface area contributed by atoms with E-state index in [1.165, 1.54) is 0 Å². The summed E-state index contributed by atoms with van der Waals surface area (Å²) in [5, 5.41) is 14.8. The first-order valence-corrected chi connectivity index (χ1v) is 7.15. The second kappa shape index (κ2) is 4.19. The van der Waals surface area contributed by atoms with Crippen LogP contribution in [-0.4, -0.2) is 38.4 Å². The first kappa shape index (κ1) is 13.4. The maximum Gasteiger partial charge on any atom is 0.154 e. The first-order chi connectivity index (χ1) is 9.32. The first-order valence-electron chi connectivity index (χ1n) is 7.15. The summed E-state index contributed by atoms with van der Waals surface area (Å²) in [4.78, 5) is 6.60. The van der Waals surface area contributed by atoms with Gasteiger partial charge in [0.15, 0.2) is 5.82 Å². The Kier molecular flexibility index (Phi) is 2.80. The summed E-state index contributed by atoms with van der Waals surface area (Å²) >= 11 is 0. The number of β-amino-alcohol motifs (C(OH)–C–C–N with tert-alkyl or cyclic N) is 1. The molecule has 5 nitrogen and oxygen atoms in total. The molecule has 0 radical (unpaired) electrons. The molecule has 0 atom stereocenters. The summed E-state index contributed by atoms with van der Waals surface area (Å²) in [5.74, 6) is 0.911. The van der Waals surface area contributed by atoms with Crippen LogP contribution >= 0.6 is 0 Å². The third-order valence-corrected chi connectivity index (χ3v) is 4.07. The van der Waals surface area contributed by atoms with Crippen molar-refractivity contribution in [3.8, 4) is 0 Å². The maximum absolute atomic E-state index is 10.2. The predicted octanol–water partition coefficient (Wildman–Crippen LogP) is 1.99. The zero-order chi connectivity index (χ0) is 14.5. The highest BCUT2D eigenvalue weighted by molar-refractivity contribution is 5.70. The van der Waals surface area contributed by atoms with Gasteiger partial charge in [-0.3, -0.25) is 0 Å². The number of aliphatic hydroxyl groups is 1. The quantitative estimate of drug-likeness (QED) is 0.910. The van der Waals surface area contributed by atoms with Crippen molar-refractivity contribution in [3.63, 3.8) is 0 Å². The van der Waals surface area contributed by atoms with Gasteiger partial charge < -0.3 is 10.0 Å². The Labute approximate surface area is 119 Å². The molecule has 3 heterocycles. The number of rotatable bonds is 2. The van der Waals surface area contributed by atoms with E-state index in [2.05, 4.69) is 41.8 Å². The minimum absolute atomic E-state index is 0.0163. The van der Waals surface area contributed by atoms with Gasteiger partial charge in [0.1, 0.15) is 5.52 Å². The number of hydrogen-bond donors (Lipinski definition) is 1. The standard InChI is InChI=1S/C15H22N4O/c1-5-15(20)9-18(10-15)13-11-8-12(14(2,3)4)17-19(11)7-6-16-13/h6-8,20H,5,9-10H2,1-4H3. The number of nitrogens with zero attached hydrogens (tertiary/aromatic N) is 4. The largest absolute Gasteiger partial charge is 0.386 e. The van der Waals surface area contributed by atoms with Crippen LogP contribution in [0.3, 0.4) is 0 Å². The van der Waals surface area contributed by atoms with Gasteiger partial charge in [-0.15, -0.1) is 0 Å². The molecule has 2 aromatic heterocycles. The number of aromatic nitrogens is 3. The summed E-state index contributed by atoms with van der Waals surface area (Å²) < 4.78 is 1.88. The number of anilines is 1. The lowest BCUT2D eigenvalue weighted by Gasteiger charge is -2.46. The SMILES string of the molecule is CCC1(O)CN(c2nccn3nc(C(C)(C)C)cc23)C1. The Bertz CT molecular complexity index is 635. The monoisotopic (exact) mass is 274 g/mol. The van der Waals surface area contributed by atoms with E-state index in [-0.39, 0.29) is 5.41 Å². The molecule has 1 fully saturated rings. The molecule has 0 spiro atoms. The van der Waals surface area contributed by atoms with E-state index in [4.69, 9.17) is 0 Å². The van der Waals surface area contributed by atoms with Crippen LogP contribution < -0.4 is 4.90 Å². The molecule has 0 unspecified atom stereocenters. The second-order valence-corrected chi connectivity index (χ2v) is 6.79. The highest BCUT2D eigenvalue weighted by atomic mass is 16.3. The second-order valence-electron chi connectivity index (χ2n) is 6.79. The van der Waals surface area contributed by atoms with Gasteiger partial charge in [-0.1, -0.05) is 27.7 Å². The van der Waals surface area contributed by atoms with Crippen molar-refractivity contribution in [2.45, 2.75) is 45.1 Å². The van der Waals surface area contributed by atoms with Gasteiger partial charge in [0.05, 0.1) is 24.4 Å². The highest BCUT2D eigenvalue weighted by Crippen LogP contribution is 2.32. The fraction of sp³-hybridized carbons (Fsp3) is 0.600. The van der Waals surface area contributed by atoms with E-state index in [0.29, 0.717) is 13.1 Å². The predicted molar refractivity (Wildman–Crippen MR) is 79.1 cm³/mol. The van der Waals surface area contributed by atoms with Gasteiger partial charge in [-0.05, 0) is 12.5 Å². The van der Waals surface area contributed by atoms with Crippen molar-refractivity contribution in [2.75, 3.05) is 18.0 Å². The normalized spacial score (nSPS) is 18.4. The minimum atomic E-state index is -0.554. The molecule has 1 saturated heterocycles. The zero-order valence-corrected chi connectivity index (χ0v) is 12.6. The van der Waals surface area contributed by atoms with Crippen molar-refractivity contribution in [1.29, 1.82) is 0 Å². The molecule has 20 heavy (non-hydrogen) atoms. The third kappa shape index (κ3) is 2.06. The van der Waals surface area contributed by atoms with E-state index >= 15 is 0 Å². The van der Waals surface area contributed by atoms with E-state index < -0.39 is 5.60 Å². The third-order valence-electron chi connectivity index (χ3n) is 4.07. The summed E-state index contributed by atoms with van der Waals surface area (Å²) in [6, 6.07) is 2.10. The zero-order valence-electron chi connectivity index (χ0n) is 12.6. The van der Waals surface area contributed by atoms with Crippen LogP contribution in [0.2, 0.25) is 0 Å². The van der Waals surface area contributed by atoms with Crippen LogP contribution in [0.15, 0.2) is 18.5 Å². The molecule has 1 aliphatic rings.